The molecule has 0 saturated carbocycles. The van der Waals surface area contributed by atoms with E-state index < -0.39 is 10.0 Å². The Morgan fingerprint density at radius 2 is 1.71 bits per heavy atom. The van der Waals surface area contributed by atoms with Crippen LogP contribution in [0.4, 0.5) is 5.69 Å². The molecule has 3 heterocycles. The topological polar surface area (TPSA) is 136 Å². The molecular weight excluding hydrogens is 550 g/mol. The van der Waals surface area contributed by atoms with Crippen molar-refractivity contribution in [1.82, 2.24) is 19.3 Å². The number of benzene rings is 2. The molecule has 1 amide bonds. The van der Waals surface area contributed by atoms with Crippen LogP contribution in [-0.4, -0.2) is 81.2 Å². The van der Waals surface area contributed by atoms with Crippen LogP contribution in [0.15, 0.2) is 45.8 Å². The Morgan fingerprint density at radius 3 is 2.44 bits per heavy atom. The van der Waals surface area contributed by atoms with Crippen LogP contribution in [0.5, 0.6) is 17.2 Å². The van der Waals surface area contributed by atoms with E-state index in [0.717, 1.165) is 31.4 Å². The number of likely N-dealkylation sites (tertiary alicyclic amines) is 1. The molecular formula is C28H35N5O7S. The molecule has 1 unspecified atom stereocenters. The van der Waals surface area contributed by atoms with Crippen molar-refractivity contribution in [3.8, 4) is 28.6 Å². The van der Waals surface area contributed by atoms with E-state index in [4.69, 9.17) is 18.7 Å². The van der Waals surface area contributed by atoms with Gasteiger partial charge < -0.3 is 24.1 Å². The van der Waals surface area contributed by atoms with Crippen molar-refractivity contribution in [2.75, 3.05) is 52.8 Å². The van der Waals surface area contributed by atoms with Gasteiger partial charge in [0.25, 0.3) is 0 Å². The number of rotatable bonds is 10. The Balaban J connectivity index is 1.24. The van der Waals surface area contributed by atoms with Gasteiger partial charge >= 0.3 is 0 Å². The van der Waals surface area contributed by atoms with E-state index in [9.17, 15) is 13.2 Å². The van der Waals surface area contributed by atoms with Crippen LogP contribution in [0.1, 0.15) is 31.6 Å². The fraction of sp³-hybridized carbons (Fsp3) is 0.464. The molecule has 0 bridgehead atoms. The lowest BCUT2D eigenvalue weighted by Gasteiger charge is -2.31. The number of aromatic nitrogens is 2. The number of carbonyl (C=O) groups excluding carboxylic acids is 1. The molecule has 5 rings (SSSR count). The third kappa shape index (κ3) is 6.31. The summed E-state index contributed by atoms with van der Waals surface area (Å²) in [6, 6.07) is 9.98. The van der Waals surface area contributed by atoms with Crippen LogP contribution < -0.4 is 19.5 Å². The van der Waals surface area contributed by atoms with E-state index in [1.807, 2.05) is 6.07 Å². The average molecular weight is 586 g/mol. The van der Waals surface area contributed by atoms with Crippen molar-refractivity contribution in [3.63, 3.8) is 0 Å². The van der Waals surface area contributed by atoms with Crippen molar-refractivity contribution in [3.05, 3.63) is 42.3 Å². The first-order chi connectivity index (χ1) is 19.8. The van der Waals surface area contributed by atoms with Gasteiger partial charge in [0, 0.05) is 25.2 Å². The first kappa shape index (κ1) is 28.8. The molecule has 12 nitrogen and oxygen atoms in total. The lowest BCUT2D eigenvalue weighted by molar-refractivity contribution is -0.121. The monoisotopic (exact) mass is 585 g/mol. The minimum absolute atomic E-state index is 0.141. The standard InChI is InChI=1S/C28H35N5O7S/c1-37-23-11-9-21(41(35,36)33-13-4-5-14-33)16-22(23)29-28(34)20-7-6-12-32(17-20)18-26-30-27(31-40-26)19-8-10-24(38-2)25(15-19)39-3/h8-11,15-16,20H,4-7,12-14,17-18H2,1-3H3,(H,29,34). The van der Waals surface area contributed by atoms with Gasteiger partial charge in [0.05, 0.1) is 44.4 Å². The summed E-state index contributed by atoms with van der Waals surface area (Å²) < 4.78 is 49.2. The molecule has 1 N–H and O–H groups in total. The predicted octanol–water partition coefficient (Wildman–Crippen LogP) is 3.40. The summed E-state index contributed by atoms with van der Waals surface area (Å²) >= 11 is 0. The summed E-state index contributed by atoms with van der Waals surface area (Å²) in [6.45, 7) is 2.68. The molecule has 2 aromatic carbocycles. The highest BCUT2D eigenvalue weighted by Gasteiger charge is 2.30. The van der Waals surface area contributed by atoms with Crippen LogP contribution in [0.25, 0.3) is 11.4 Å². The Labute approximate surface area is 239 Å². The smallest absolute Gasteiger partial charge is 0.243 e. The molecule has 0 aliphatic carbocycles. The van der Waals surface area contributed by atoms with Crippen LogP contribution in [0.3, 0.4) is 0 Å². The third-order valence-electron chi connectivity index (χ3n) is 7.48. The molecule has 2 aliphatic heterocycles. The molecule has 41 heavy (non-hydrogen) atoms. The Kier molecular flexibility index (Phi) is 8.76. The number of ether oxygens (including phenoxy) is 3. The predicted molar refractivity (Wildman–Crippen MR) is 150 cm³/mol. The fourth-order valence-electron chi connectivity index (χ4n) is 5.27. The summed E-state index contributed by atoms with van der Waals surface area (Å²) in [5, 5.41) is 7.03. The number of nitrogens with zero attached hydrogens (tertiary/aromatic N) is 4. The minimum Gasteiger partial charge on any atom is -0.495 e. The van der Waals surface area contributed by atoms with Gasteiger partial charge in [0.15, 0.2) is 11.5 Å². The van der Waals surface area contributed by atoms with E-state index >= 15 is 0 Å². The van der Waals surface area contributed by atoms with Crippen molar-refractivity contribution in [2.24, 2.45) is 5.92 Å². The number of amides is 1. The number of sulfonamides is 1. The van der Waals surface area contributed by atoms with E-state index in [1.54, 1.807) is 32.4 Å². The zero-order chi connectivity index (χ0) is 29.0. The van der Waals surface area contributed by atoms with Crippen molar-refractivity contribution in [2.45, 2.75) is 37.1 Å². The minimum atomic E-state index is -3.63. The number of piperidine rings is 1. The molecule has 2 saturated heterocycles. The summed E-state index contributed by atoms with van der Waals surface area (Å²) in [7, 11) is 0.993. The molecule has 0 spiro atoms. The van der Waals surface area contributed by atoms with Gasteiger partial charge in [0.1, 0.15) is 5.75 Å². The summed E-state index contributed by atoms with van der Waals surface area (Å²) in [5.74, 6) is 1.95. The zero-order valence-corrected chi connectivity index (χ0v) is 24.3. The Hall–Kier alpha value is -3.68. The van der Waals surface area contributed by atoms with Crippen molar-refractivity contribution >= 4 is 21.6 Å². The van der Waals surface area contributed by atoms with Crippen molar-refractivity contribution < 1.29 is 31.9 Å². The van der Waals surface area contributed by atoms with Crippen LogP contribution in [-0.2, 0) is 21.4 Å². The summed E-state index contributed by atoms with van der Waals surface area (Å²) in [5.41, 5.74) is 1.07. The number of hydrogen-bond donors (Lipinski definition) is 1. The number of hydrogen-bond acceptors (Lipinski definition) is 10. The van der Waals surface area contributed by atoms with E-state index in [1.165, 1.54) is 23.5 Å². The van der Waals surface area contributed by atoms with E-state index in [0.29, 0.717) is 67.3 Å². The molecule has 1 aromatic heterocycles. The molecule has 13 heteroatoms. The van der Waals surface area contributed by atoms with Gasteiger partial charge in [-0.15, -0.1) is 0 Å². The zero-order valence-electron chi connectivity index (χ0n) is 23.5. The highest BCUT2D eigenvalue weighted by Crippen LogP contribution is 2.33. The second-order valence-corrected chi connectivity index (χ2v) is 12.1. The van der Waals surface area contributed by atoms with Crippen LogP contribution in [0.2, 0.25) is 0 Å². The normalized spacial score (nSPS) is 18.3. The highest BCUT2D eigenvalue weighted by atomic mass is 32.2. The summed E-state index contributed by atoms with van der Waals surface area (Å²) in [4.78, 5) is 20.1. The van der Waals surface area contributed by atoms with Gasteiger partial charge in [-0.2, -0.15) is 9.29 Å². The van der Waals surface area contributed by atoms with Crippen molar-refractivity contribution in [1.29, 1.82) is 0 Å². The van der Waals surface area contributed by atoms with Crippen LogP contribution in [0, 0.1) is 5.92 Å². The maximum Gasteiger partial charge on any atom is 0.243 e. The Morgan fingerprint density at radius 1 is 0.976 bits per heavy atom. The molecule has 220 valence electrons. The number of carbonyl (C=O) groups is 1. The molecule has 2 fully saturated rings. The third-order valence-corrected chi connectivity index (χ3v) is 9.37. The maximum atomic E-state index is 13.3. The fourth-order valence-corrected chi connectivity index (χ4v) is 6.82. The van der Waals surface area contributed by atoms with Gasteiger partial charge in [0.2, 0.25) is 27.6 Å². The average Bonchev–Trinajstić information content (AvgIpc) is 3.70. The molecule has 3 aromatic rings. The number of methoxy groups -OCH3 is 3. The SMILES string of the molecule is COc1ccc(S(=O)(=O)N2CCCC2)cc1NC(=O)C1CCCN(Cc2nc(-c3ccc(OC)c(OC)c3)no2)C1. The molecule has 2 aliphatic rings. The largest absolute Gasteiger partial charge is 0.495 e. The van der Waals surface area contributed by atoms with Gasteiger partial charge in [-0.25, -0.2) is 8.42 Å². The van der Waals surface area contributed by atoms with Gasteiger partial charge in [-0.1, -0.05) is 5.16 Å². The van der Waals surface area contributed by atoms with E-state index in [2.05, 4.69) is 20.4 Å². The lowest BCUT2D eigenvalue weighted by Crippen LogP contribution is -2.40. The van der Waals surface area contributed by atoms with Gasteiger partial charge in [-0.05, 0) is 68.6 Å². The number of anilines is 1. The number of nitrogens with one attached hydrogen (secondary N) is 1. The molecule has 0 radical (unpaired) electrons. The van der Waals surface area contributed by atoms with E-state index in [-0.39, 0.29) is 16.7 Å². The molecule has 1 atom stereocenters. The quantitative estimate of drug-likeness (QED) is 0.377. The summed E-state index contributed by atoms with van der Waals surface area (Å²) in [6.07, 6.45) is 3.21. The second kappa shape index (κ2) is 12.5. The van der Waals surface area contributed by atoms with Gasteiger partial charge in [-0.3, -0.25) is 9.69 Å². The van der Waals surface area contributed by atoms with Crippen LogP contribution >= 0.6 is 0 Å². The Bertz CT molecular complexity index is 1490. The highest BCUT2D eigenvalue weighted by molar-refractivity contribution is 7.89. The first-order valence-electron chi connectivity index (χ1n) is 13.6. The maximum absolute atomic E-state index is 13.3. The first-order valence-corrected chi connectivity index (χ1v) is 15.0. The second-order valence-electron chi connectivity index (χ2n) is 10.1. The lowest BCUT2D eigenvalue weighted by atomic mass is 9.97.